The molecule has 1 heterocycles. The van der Waals surface area contributed by atoms with E-state index in [4.69, 9.17) is 4.74 Å². The molecule has 2 aromatic rings. The molecule has 1 aliphatic heterocycles. The minimum Gasteiger partial charge on any atom is -0.374 e. The number of hydrogen-bond donors (Lipinski definition) is 1. The number of halogens is 7. The van der Waals surface area contributed by atoms with Crippen molar-refractivity contribution in [1.82, 2.24) is 15.1 Å². The lowest BCUT2D eigenvalue weighted by Gasteiger charge is -2.29. The maximum atomic E-state index is 13.5. The molecule has 2 aromatic carbocycles. The number of alkyl halides is 6. The SMILES string of the molecule is CN(C)CCN1CC(COCc2cc(C(F)(F)F)cc(C(F)(F)F)c2)(c2ccc(F)cc2)NC1=O. The number of nitrogens with one attached hydrogen (secondary N) is 1. The van der Waals surface area contributed by atoms with Gasteiger partial charge >= 0.3 is 18.4 Å². The number of hydrogen-bond acceptors (Lipinski definition) is 3. The standard InChI is InChI=1S/C23H24F7N3O2/c1-32(2)7-8-33-13-21(31-20(33)34,16-3-5-19(24)6-4-16)14-35-12-15-9-17(22(25,26)27)11-18(10-15)23(28,29)30/h3-6,9-11H,7-8,12-14H2,1-2H3,(H,31,34). The van der Waals surface area contributed by atoms with Crippen molar-refractivity contribution in [3.05, 3.63) is 70.5 Å². The summed E-state index contributed by atoms with van der Waals surface area (Å²) >= 11 is 0. The summed E-state index contributed by atoms with van der Waals surface area (Å²) in [4.78, 5) is 16.0. The number of rotatable bonds is 8. The third-order valence-corrected chi connectivity index (χ3v) is 5.57. The van der Waals surface area contributed by atoms with Crippen molar-refractivity contribution in [1.29, 1.82) is 0 Å². The highest BCUT2D eigenvalue weighted by Crippen LogP contribution is 2.37. The number of amides is 2. The van der Waals surface area contributed by atoms with Crippen molar-refractivity contribution in [2.24, 2.45) is 0 Å². The molecule has 5 nitrogen and oxygen atoms in total. The van der Waals surface area contributed by atoms with Gasteiger partial charge in [0.15, 0.2) is 0 Å². The van der Waals surface area contributed by atoms with Crippen molar-refractivity contribution < 1.29 is 40.3 Å². The molecule has 1 aliphatic rings. The van der Waals surface area contributed by atoms with Crippen molar-refractivity contribution in [2.45, 2.75) is 24.5 Å². The zero-order chi connectivity index (χ0) is 26.0. The first-order valence-corrected chi connectivity index (χ1v) is 10.5. The van der Waals surface area contributed by atoms with Crippen LogP contribution in [0.1, 0.15) is 22.3 Å². The highest BCUT2D eigenvalue weighted by atomic mass is 19.4. The summed E-state index contributed by atoms with van der Waals surface area (Å²) in [6, 6.07) is 6.08. The average Bonchev–Trinajstić information content (AvgIpc) is 3.07. The minimum absolute atomic E-state index is 0.0450. The van der Waals surface area contributed by atoms with Gasteiger partial charge in [0.25, 0.3) is 0 Å². The van der Waals surface area contributed by atoms with Crippen LogP contribution in [0.3, 0.4) is 0 Å². The summed E-state index contributed by atoms with van der Waals surface area (Å²) in [6.07, 6.45) is -9.95. The molecule has 1 fully saturated rings. The predicted octanol–water partition coefficient (Wildman–Crippen LogP) is 4.86. The van der Waals surface area contributed by atoms with Crippen molar-refractivity contribution >= 4 is 6.03 Å². The molecule has 0 aliphatic carbocycles. The Morgan fingerprint density at radius 3 is 2.09 bits per heavy atom. The molecule has 3 rings (SSSR count). The fourth-order valence-corrected chi connectivity index (χ4v) is 3.77. The number of nitrogens with zero attached hydrogens (tertiary/aromatic N) is 2. The number of benzene rings is 2. The predicted molar refractivity (Wildman–Crippen MR) is 113 cm³/mol. The number of urea groups is 1. The van der Waals surface area contributed by atoms with E-state index in [0.29, 0.717) is 30.8 Å². The lowest BCUT2D eigenvalue weighted by atomic mass is 9.91. The molecular formula is C23H24F7N3O2. The highest BCUT2D eigenvalue weighted by molar-refractivity contribution is 5.78. The highest BCUT2D eigenvalue weighted by Gasteiger charge is 2.44. The van der Waals surface area contributed by atoms with E-state index in [2.05, 4.69) is 5.32 Å². The molecule has 0 aromatic heterocycles. The van der Waals surface area contributed by atoms with Crippen LogP contribution in [0.4, 0.5) is 35.5 Å². The second kappa shape index (κ2) is 10.0. The first-order valence-electron chi connectivity index (χ1n) is 10.5. The number of ether oxygens (including phenoxy) is 1. The molecule has 1 unspecified atom stereocenters. The van der Waals surface area contributed by atoms with Gasteiger partial charge in [0.1, 0.15) is 11.4 Å². The molecule has 12 heteroatoms. The van der Waals surface area contributed by atoms with E-state index in [9.17, 15) is 35.5 Å². The van der Waals surface area contributed by atoms with Gasteiger partial charge in [-0.05, 0) is 55.6 Å². The summed E-state index contributed by atoms with van der Waals surface area (Å²) in [7, 11) is 3.66. The van der Waals surface area contributed by atoms with E-state index in [1.54, 1.807) is 0 Å². The second-order valence-electron chi connectivity index (χ2n) is 8.65. The van der Waals surface area contributed by atoms with E-state index in [1.165, 1.54) is 29.2 Å². The number of carbonyl (C=O) groups is 1. The van der Waals surface area contributed by atoms with E-state index in [-0.39, 0.29) is 24.8 Å². The Bertz CT molecular complexity index is 1010. The Morgan fingerprint density at radius 1 is 1.00 bits per heavy atom. The van der Waals surface area contributed by atoms with E-state index in [1.807, 2.05) is 19.0 Å². The van der Waals surface area contributed by atoms with Crippen LogP contribution in [0.2, 0.25) is 0 Å². The Balaban J connectivity index is 1.84. The fourth-order valence-electron chi connectivity index (χ4n) is 3.77. The molecule has 1 saturated heterocycles. The minimum atomic E-state index is -4.97. The lowest BCUT2D eigenvalue weighted by Crippen LogP contribution is -2.44. The van der Waals surface area contributed by atoms with E-state index in [0.717, 1.165) is 0 Å². The van der Waals surface area contributed by atoms with Gasteiger partial charge in [-0.3, -0.25) is 0 Å². The second-order valence-corrected chi connectivity index (χ2v) is 8.65. The molecule has 1 atom stereocenters. The Kier molecular flexibility index (Phi) is 7.65. The van der Waals surface area contributed by atoms with E-state index < -0.39 is 47.5 Å². The van der Waals surface area contributed by atoms with Gasteiger partial charge in [-0.25, -0.2) is 9.18 Å². The zero-order valence-electron chi connectivity index (χ0n) is 18.9. The summed E-state index contributed by atoms with van der Waals surface area (Å²) in [5, 5.41) is 2.80. The van der Waals surface area contributed by atoms with Crippen molar-refractivity contribution in [3.63, 3.8) is 0 Å². The van der Waals surface area contributed by atoms with Crippen molar-refractivity contribution in [2.75, 3.05) is 40.3 Å². The van der Waals surface area contributed by atoms with Crippen LogP contribution in [-0.2, 0) is 29.2 Å². The zero-order valence-corrected chi connectivity index (χ0v) is 18.9. The average molecular weight is 507 g/mol. The lowest BCUT2D eigenvalue weighted by molar-refractivity contribution is -0.143. The Hall–Kier alpha value is -2.86. The van der Waals surface area contributed by atoms with Crippen LogP contribution in [0.5, 0.6) is 0 Å². The van der Waals surface area contributed by atoms with Crippen molar-refractivity contribution in [3.8, 4) is 0 Å². The van der Waals surface area contributed by atoms with Gasteiger partial charge in [-0.1, -0.05) is 12.1 Å². The first-order chi connectivity index (χ1) is 16.2. The smallest absolute Gasteiger partial charge is 0.374 e. The van der Waals surface area contributed by atoms with Gasteiger partial charge in [-0.2, -0.15) is 26.3 Å². The summed E-state index contributed by atoms with van der Waals surface area (Å²) in [5.74, 6) is -0.512. The molecule has 192 valence electrons. The third kappa shape index (κ3) is 6.63. The number of carbonyl (C=O) groups excluding carboxylic acids is 1. The molecule has 35 heavy (non-hydrogen) atoms. The van der Waals surface area contributed by atoms with Crippen LogP contribution < -0.4 is 5.32 Å². The van der Waals surface area contributed by atoms with Gasteiger partial charge in [-0.15, -0.1) is 0 Å². The molecule has 1 N–H and O–H groups in total. The molecular weight excluding hydrogens is 483 g/mol. The third-order valence-electron chi connectivity index (χ3n) is 5.57. The quantitative estimate of drug-likeness (QED) is 0.519. The van der Waals surface area contributed by atoms with Gasteiger partial charge in [0.2, 0.25) is 0 Å². The summed E-state index contributed by atoms with van der Waals surface area (Å²) in [6.45, 7) is 0.203. The molecule has 0 spiro atoms. The van der Waals surface area contributed by atoms with Gasteiger partial charge in [0.05, 0.1) is 30.9 Å². The topological polar surface area (TPSA) is 44.8 Å². The van der Waals surface area contributed by atoms with Gasteiger partial charge in [0, 0.05) is 13.1 Å². The van der Waals surface area contributed by atoms with Crippen LogP contribution in [0.15, 0.2) is 42.5 Å². The van der Waals surface area contributed by atoms with Crippen LogP contribution in [0.25, 0.3) is 0 Å². The maximum Gasteiger partial charge on any atom is 0.416 e. The molecule has 0 radical (unpaired) electrons. The maximum absolute atomic E-state index is 13.5. The fraction of sp³-hybridized carbons (Fsp3) is 0.435. The van der Waals surface area contributed by atoms with E-state index >= 15 is 0 Å². The van der Waals surface area contributed by atoms with Gasteiger partial charge < -0.3 is 19.9 Å². The first kappa shape index (κ1) is 26.7. The number of likely N-dealkylation sites (N-methyl/N-ethyl adjacent to an activating group) is 1. The molecule has 0 bridgehead atoms. The Labute approximate surface area is 197 Å². The molecule has 2 amide bonds. The van der Waals surface area contributed by atoms with Crippen LogP contribution in [-0.4, -0.2) is 56.2 Å². The summed E-state index contributed by atoms with van der Waals surface area (Å²) < 4.78 is 97.9. The summed E-state index contributed by atoms with van der Waals surface area (Å²) in [5.41, 5.74) is -3.90. The van der Waals surface area contributed by atoms with Crippen LogP contribution in [0, 0.1) is 5.82 Å². The monoisotopic (exact) mass is 507 g/mol. The normalized spacial score (nSPS) is 18.9. The molecule has 0 saturated carbocycles. The Morgan fingerprint density at radius 2 is 1.57 bits per heavy atom. The van der Waals surface area contributed by atoms with Crippen LogP contribution >= 0.6 is 0 Å². The largest absolute Gasteiger partial charge is 0.416 e.